The SMILES string of the molecule is CC(=O)N=C1C(Cl)=C(Cl)C(=O)c2ccccc21. The van der Waals surface area contributed by atoms with Gasteiger partial charge in [0.05, 0.1) is 10.7 Å². The Kier molecular flexibility index (Phi) is 3.13. The maximum Gasteiger partial charge on any atom is 0.243 e. The second-order valence-electron chi connectivity index (χ2n) is 3.48. The molecule has 3 nitrogen and oxygen atoms in total. The molecule has 0 N–H and O–H groups in total. The fourth-order valence-electron chi connectivity index (χ4n) is 1.59. The smallest absolute Gasteiger partial charge is 0.243 e. The van der Waals surface area contributed by atoms with Gasteiger partial charge >= 0.3 is 0 Å². The second kappa shape index (κ2) is 4.43. The number of allylic oxidation sites excluding steroid dienone is 2. The van der Waals surface area contributed by atoms with Crippen LogP contribution in [0.5, 0.6) is 0 Å². The van der Waals surface area contributed by atoms with Crippen molar-refractivity contribution in [1.82, 2.24) is 0 Å². The molecule has 0 saturated carbocycles. The van der Waals surface area contributed by atoms with Crippen molar-refractivity contribution in [2.45, 2.75) is 6.92 Å². The third kappa shape index (κ3) is 2.04. The molecule has 2 rings (SSSR count). The molecule has 0 unspecified atom stereocenters. The van der Waals surface area contributed by atoms with Gasteiger partial charge in [-0.25, -0.2) is 4.99 Å². The largest absolute Gasteiger partial charge is 0.288 e. The van der Waals surface area contributed by atoms with Gasteiger partial charge in [0.15, 0.2) is 0 Å². The summed E-state index contributed by atoms with van der Waals surface area (Å²) in [7, 11) is 0. The number of fused-ring (bicyclic) bond motifs is 1. The highest BCUT2D eigenvalue weighted by molar-refractivity contribution is 6.60. The molecule has 0 heterocycles. The van der Waals surface area contributed by atoms with E-state index >= 15 is 0 Å². The molecular weight excluding hydrogens is 261 g/mol. The van der Waals surface area contributed by atoms with Crippen LogP contribution in [0.4, 0.5) is 0 Å². The number of Topliss-reactive ketones (excluding diaryl/α,β-unsaturated/α-hetero) is 1. The molecule has 0 radical (unpaired) electrons. The summed E-state index contributed by atoms with van der Waals surface area (Å²) in [6, 6.07) is 6.76. The van der Waals surface area contributed by atoms with E-state index in [0.717, 1.165) is 0 Å². The van der Waals surface area contributed by atoms with Crippen LogP contribution in [0.2, 0.25) is 0 Å². The number of carbonyl (C=O) groups excluding carboxylic acids is 2. The Balaban J connectivity index is 2.74. The molecule has 1 amide bonds. The molecule has 17 heavy (non-hydrogen) atoms. The van der Waals surface area contributed by atoms with E-state index in [1.54, 1.807) is 24.3 Å². The highest BCUT2D eigenvalue weighted by Crippen LogP contribution is 2.31. The van der Waals surface area contributed by atoms with Crippen LogP contribution in [0.3, 0.4) is 0 Å². The van der Waals surface area contributed by atoms with Crippen molar-refractivity contribution in [3.8, 4) is 0 Å². The molecule has 1 aliphatic carbocycles. The van der Waals surface area contributed by atoms with E-state index in [2.05, 4.69) is 4.99 Å². The van der Waals surface area contributed by atoms with Gasteiger partial charge in [-0.3, -0.25) is 9.59 Å². The topological polar surface area (TPSA) is 46.5 Å². The highest BCUT2D eigenvalue weighted by atomic mass is 35.5. The lowest BCUT2D eigenvalue weighted by molar-refractivity contribution is -0.115. The Bertz CT molecular complexity index is 588. The summed E-state index contributed by atoms with van der Waals surface area (Å²) >= 11 is 11.8. The van der Waals surface area contributed by atoms with Gasteiger partial charge in [-0.05, 0) is 0 Å². The summed E-state index contributed by atoms with van der Waals surface area (Å²) in [6.45, 7) is 1.31. The van der Waals surface area contributed by atoms with Crippen molar-refractivity contribution in [3.63, 3.8) is 0 Å². The summed E-state index contributed by atoms with van der Waals surface area (Å²) in [5, 5.41) is -0.0871. The Morgan fingerprint density at radius 1 is 1.12 bits per heavy atom. The first-order chi connectivity index (χ1) is 8.02. The van der Waals surface area contributed by atoms with Gasteiger partial charge in [0, 0.05) is 18.1 Å². The lowest BCUT2D eigenvalue weighted by Crippen LogP contribution is -2.19. The van der Waals surface area contributed by atoms with Gasteiger partial charge in [-0.2, -0.15) is 0 Å². The predicted octanol–water partition coefficient (Wildman–Crippen LogP) is 2.91. The van der Waals surface area contributed by atoms with Crippen LogP contribution in [0.1, 0.15) is 22.8 Å². The summed E-state index contributed by atoms with van der Waals surface area (Å²) < 4.78 is 0. The van der Waals surface area contributed by atoms with Gasteiger partial charge in [-0.15, -0.1) is 0 Å². The molecule has 1 aromatic carbocycles. The van der Waals surface area contributed by atoms with Crippen LogP contribution in [0.15, 0.2) is 39.3 Å². The first-order valence-corrected chi connectivity index (χ1v) is 5.57. The van der Waals surface area contributed by atoms with Crippen LogP contribution in [-0.2, 0) is 4.79 Å². The van der Waals surface area contributed by atoms with Crippen molar-refractivity contribution in [1.29, 1.82) is 0 Å². The van der Waals surface area contributed by atoms with Crippen molar-refractivity contribution in [2.24, 2.45) is 4.99 Å². The maximum absolute atomic E-state index is 11.8. The molecule has 0 bridgehead atoms. The Morgan fingerprint density at radius 3 is 2.29 bits per heavy atom. The van der Waals surface area contributed by atoms with E-state index < -0.39 is 5.91 Å². The Hall–Kier alpha value is -1.45. The number of hydrogen-bond donors (Lipinski definition) is 0. The van der Waals surface area contributed by atoms with Crippen LogP contribution in [0.25, 0.3) is 0 Å². The third-order valence-corrected chi connectivity index (χ3v) is 3.12. The number of hydrogen-bond acceptors (Lipinski definition) is 2. The maximum atomic E-state index is 11.8. The van der Waals surface area contributed by atoms with E-state index in [4.69, 9.17) is 23.2 Å². The van der Waals surface area contributed by atoms with E-state index in [9.17, 15) is 9.59 Å². The zero-order valence-electron chi connectivity index (χ0n) is 8.83. The van der Waals surface area contributed by atoms with E-state index in [1.807, 2.05) is 0 Å². The fourth-order valence-corrected chi connectivity index (χ4v) is 2.02. The molecule has 86 valence electrons. The molecule has 0 saturated heterocycles. The van der Waals surface area contributed by atoms with Crippen molar-refractivity contribution >= 4 is 40.6 Å². The number of rotatable bonds is 0. The average molecular weight is 268 g/mol. The number of ketones is 1. The van der Waals surface area contributed by atoms with Crippen LogP contribution in [0, 0.1) is 0 Å². The molecular formula is C12H7Cl2NO2. The van der Waals surface area contributed by atoms with E-state index in [-0.39, 0.29) is 21.6 Å². The molecule has 0 spiro atoms. The number of aliphatic imine (C=N–C) groups is 1. The summed E-state index contributed by atoms with van der Waals surface area (Å²) in [5.74, 6) is -0.749. The van der Waals surface area contributed by atoms with Crippen molar-refractivity contribution in [3.05, 3.63) is 45.5 Å². The number of carbonyl (C=O) groups is 2. The second-order valence-corrected chi connectivity index (χ2v) is 4.24. The number of nitrogens with zero attached hydrogens (tertiary/aromatic N) is 1. The van der Waals surface area contributed by atoms with Crippen LogP contribution in [-0.4, -0.2) is 17.4 Å². The minimum Gasteiger partial charge on any atom is -0.288 e. The summed E-state index contributed by atoms with van der Waals surface area (Å²) in [4.78, 5) is 26.7. The zero-order chi connectivity index (χ0) is 12.6. The number of amides is 1. The van der Waals surface area contributed by atoms with Gasteiger partial charge < -0.3 is 0 Å². The highest BCUT2D eigenvalue weighted by Gasteiger charge is 2.28. The zero-order valence-corrected chi connectivity index (χ0v) is 10.3. The van der Waals surface area contributed by atoms with Crippen molar-refractivity contribution in [2.75, 3.05) is 0 Å². The Morgan fingerprint density at radius 2 is 1.71 bits per heavy atom. The quantitative estimate of drug-likeness (QED) is 0.726. The van der Waals surface area contributed by atoms with E-state index in [0.29, 0.717) is 11.1 Å². The van der Waals surface area contributed by atoms with E-state index in [1.165, 1.54) is 6.92 Å². The normalized spacial score (nSPS) is 17.4. The molecule has 1 aliphatic rings. The molecule has 5 heteroatoms. The van der Waals surface area contributed by atoms with Gasteiger partial charge in [0.25, 0.3) is 0 Å². The van der Waals surface area contributed by atoms with Gasteiger partial charge in [-0.1, -0.05) is 47.5 Å². The molecule has 0 aliphatic heterocycles. The van der Waals surface area contributed by atoms with Crippen molar-refractivity contribution < 1.29 is 9.59 Å². The predicted molar refractivity (Wildman–Crippen MR) is 66.7 cm³/mol. The molecule has 0 atom stereocenters. The lowest BCUT2D eigenvalue weighted by atomic mass is 9.94. The minimum atomic E-state index is -0.397. The molecule has 0 fully saturated rings. The first-order valence-electron chi connectivity index (χ1n) is 4.81. The van der Waals surface area contributed by atoms with Crippen LogP contribution < -0.4 is 0 Å². The van der Waals surface area contributed by atoms with Gasteiger partial charge in [0.2, 0.25) is 11.7 Å². The number of halogens is 2. The van der Waals surface area contributed by atoms with Crippen LogP contribution >= 0.6 is 23.2 Å². The molecule has 0 aromatic heterocycles. The average Bonchev–Trinajstić information content (AvgIpc) is 2.31. The summed E-state index contributed by atoms with van der Waals surface area (Å²) in [5.41, 5.74) is 1.18. The molecule has 1 aromatic rings. The fraction of sp³-hybridized carbons (Fsp3) is 0.0833. The number of benzene rings is 1. The first kappa shape index (κ1) is 12.0. The monoisotopic (exact) mass is 267 g/mol. The Labute approximate surface area is 108 Å². The summed E-state index contributed by atoms with van der Waals surface area (Å²) in [6.07, 6.45) is 0. The minimum absolute atomic E-state index is 0.0190. The third-order valence-electron chi connectivity index (χ3n) is 2.30. The standard InChI is InChI=1S/C12H7Cl2NO2/c1-6(16)15-11-7-4-2-3-5-8(7)12(17)10(14)9(11)13/h2-5H,1H3. The lowest BCUT2D eigenvalue weighted by Gasteiger charge is -2.16. The van der Waals surface area contributed by atoms with Gasteiger partial charge in [0.1, 0.15) is 5.03 Å².